The zero-order valence-corrected chi connectivity index (χ0v) is 15.2. The molecule has 1 heterocycles. The number of carboxylic acid groups (broad SMARTS) is 1. The second kappa shape index (κ2) is 7.99. The van der Waals surface area contributed by atoms with Crippen LogP contribution in [-0.2, 0) is 9.59 Å². The summed E-state index contributed by atoms with van der Waals surface area (Å²) in [5, 5.41) is 11.4. The molecule has 0 radical (unpaired) electrons. The lowest BCUT2D eigenvalue weighted by atomic mass is 10.1. The SMILES string of the molecule is CSCC[C@@H](C(=O)[O-])N1C(=O)/C(=C/c2ccc(C)cc2)SC1=S. The summed E-state index contributed by atoms with van der Waals surface area (Å²) < 4.78 is 0.267. The highest BCUT2D eigenvalue weighted by Gasteiger charge is 2.37. The van der Waals surface area contributed by atoms with E-state index in [-0.39, 0.29) is 10.2 Å². The standard InChI is InChI=1S/C16H17NO3S3/c1-10-3-5-11(6-4-10)9-13-14(18)17(16(21)23-13)12(15(19)20)7-8-22-2/h3-6,9,12H,7-8H2,1-2H3,(H,19,20)/p-1/b13-9-/t12-/m0/s1. The van der Waals surface area contributed by atoms with Crippen LogP contribution < -0.4 is 5.11 Å². The van der Waals surface area contributed by atoms with Gasteiger partial charge in [0.05, 0.1) is 16.9 Å². The average Bonchev–Trinajstić information content (AvgIpc) is 2.77. The van der Waals surface area contributed by atoms with E-state index in [4.69, 9.17) is 12.2 Å². The maximum atomic E-state index is 12.5. The van der Waals surface area contributed by atoms with Crippen LogP contribution in [0.5, 0.6) is 0 Å². The van der Waals surface area contributed by atoms with Crippen molar-refractivity contribution in [3.8, 4) is 0 Å². The van der Waals surface area contributed by atoms with Gasteiger partial charge < -0.3 is 9.90 Å². The van der Waals surface area contributed by atoms with Gasteiger partial charge in [0.15, 0.2) is 0 Å². The van der Waals surface area contributed by atoms with Crippen molar-refractivity contribution < 1.29 is 14.7 Å². The largest absolute Gasteiger partial charge is 0.548 e. The molecule has 23 heavy (non-hydrogen) atoms. The Morgan fingerprint density at radius 3 is 2.65 bits per heavy atom. The molecule has 0 bridgehead atoms. The van der Waals surface area contributed by atoms with E-state index in [0.717, 1.165) is 22.9 Å². The van der Waals surface area contributed by atoms with Gasteiger partial charge in [-0.3, -0.25) is 9.69 Å². The summed E-state index contributed by atoms with van der Waals surface area (Å²) in [4.78, 5) is 25.5. The number of carbonyl (C=O) groups excluding carboxylic acids is 2. The highest BCUT2D eigenvalue weighted by atomic mass is 32.2. The van der Waals surface area contributed by atoms with E-state index in [0.29, 0.717) is 17.1 Å². The molecule has 0 saturated carbocycles. The molecular weight excluding hydrogens is 350 g/mol. The molecule has 1 amide bonds. The fraction of sp³-hybridized carbons (Fsp3) is 0.312. The smallest absolute Gasteiger partial charge is 0.266 e. The number of amides is 1. The Hall–Kier alpha value is -1.31. The number of nitrogens with zero attached hydrogens (tertiary/aromatic N) is 1. The molecule has 1 aliphatic rings. The van der Waals surface area contributed by atoms with Gasteiger partial charge in [-0.25, -0.2) is 0 Å². The lowest BCUT2D eigenvalue weighted by Crippen LogP contribution is -2.50. The number of hydrogen-bond acceptors (Lipinski definition) is 6. The minimum atomic E-state index is -1.27. The zero-order chi connectivity index (χ0) is 17.0. The molecule has 1 aromatic carbocycles. The number of carboxylic acids is 1. The number of hydrogen-bond donors (Lipinski definition) is 0. The summed E-state index contributed by atoms with van der Waals surface area (Å²) in [5.41, 5.74) is 2.01. The molecular formula is C16H16NO3S3-. The molecule has 0 N–H and O–H groups in total. The minimum absolute atomic E-state index is 0.267. The van der Waals surface area contributed by atoms with E-state index in [2.05, 4.69) is 0 Å². The summed E-state index contributed by atoms with van der Waals surface area (Å²) in [5.74, 6) is -1.02. The monoisotopic (exact) mass is 366 g/mol. The normalized spacial score (nSPS) is 17.8. The Bertz CT molecular complexity index is 655. The summed E-state index contributed by atoms with van der Waals surface area (Å²) >= 11 is 7.86. The highest BCUT2D eigenvalue weighted by molar-refractivity contribution is 8.26. The summed E-state index contributed by atoms with van der Waals surface area (Å²) in [6.07, 6.45) is 3.93. The predicted octanol–water partition coefficient (Wildman–Crippen LogP) is 2.07. The molecule has 1 aromatic rings. The summed E-state index contributed by atoms with van der Waals surface area (Å²) in [6, 6.07) is 6.71. The van der Waals surface area contributed by atoms with Crippen LogP contribution in [-0.4, -0.2) is 39.1 Å². The highest BCUT2D eigenvalue weighted by Crippen LogP contribution is 2.34. The maximum absolute atomic E-state index is 12.5. The van der Waals surface area contributed by atoms with Crippen LogP contribution in [0.15, 0.2) is 29.2 Å². The van der Waals surface area contributed by atoms with Gasteiger partial charge in [0.2, 0.25) is 0 Å². The van der Waals surface area contributed by atoms with Crippen molar-refractivity contribution >= 4 is 58.0 Å². The molecule has 0 aliphatic carbocycles. The summed E-state index contributed by atoms with van der Waals surface area (Å²) in [7, 11) is 0. The van der Waals surface area contributed by atoms with Gasteiger partial charge in [0, 0.05) is 0 Å². The molecule has 1 fully saturated rings. The van der Waals surface area contributed by atoms with Crippen LogP contribution >= 0.6 is 35.7 Å². The number of aliphatic carboxylic acids is 1. The molecule has 0 aromatic heterocycles. The molecule has 1 atom stereocenters. The fourth-order valence-corrected chi connectivity index (χ4v) is 3.96. The molecule has 7 heteroatoms. The van der Waals surface area contributed by atoms with Crippen LogP contribution in [0, 0.1) is 6.92 Å². The van der Waals surface area contributed by atoms with Gasteiger partial charge >= 0.3 is 0 Å². The second-order valence-electron chi connectivity index (χ2n) is 5.08. The van der Waals surface area contributed by atoms with Crippen LogP contribution in [0.3, 0.4) is 0 Å². The fourth-order valence-electron chi connectivity index (χ4n) is 2.14. The molecule has 122 valence electrons. The molecule has 0 spiro atoms. The van der Waals surface area contributed by atoms with Crippen molar-refractivity contribution in [2.75, 3.05) is 12.0 Å². The molecule has 0 unspecified atom stereocenters. The third-order valence-corrected chi connectivity index (χ3v) is 5.35. The van der Waals surface area contributed by atoms with Crippen LogP contribution in [0.25, 0.3) is 6.08 Å². The Balaban J connectivity index is 2.24. The second-order valence-corrected chi connectivity index (χ2v) is 7.74. The number of benzene rings is 1. The molecule has 1 aliphatic heterocycles. The average molecular weight is 367 g/mol. The number of thioether (sulfide) groups is 2. The molecule has 4 nitrogen and oxygen atoms in total. The third kappa shape index (κ3) is 4.37. The predicted molar refractivity (Wildman–Crippen MR) is 98.0 cm³/mol. The minimum Gasteiger partial charge on any atom is -0.548 e. The Labute approximate surface area is 149 Å². The topological polar surface area (TPSA) is 60.4 Å². The van der Waals surface area contributed by atoms with E-state index in [9.17, 15) is 14.7 Å². The first-order valence-corrected chi connectivity index (χ1v) is 9.59. The van der Waals surface area contributed by atoms with Gasteiger partial charge in [0.1, 0.15) is 4.32 Å². The van der Waals surface area contributed by atoms with Crippen LogP contribution in [0.4, 0.5) is 0 Å². The first-order valence-electron chi connectivity index (χ1n) is 6.97. The van der Waals surface area contributed by atoms with Gasteiger partial charge in [-0.2, -0.15) is 11.8 Å². The van der Waals surface area contributed by atoms with Crippen molar-refractivity contribution in [2.24, 2.45) is 0 Å². The van der Waals surface area contributed by atoms with Crippen molar-refractivity contribution in [3.63, 3.8) is 0 Å². The molecule has 2 rings (SSSR count). The third-order valence-electron chi connectivity index (χ3n) is 3.38. The van der Waals surface area contributed by atoms with E-state index in [1.807, 2.05) is 37.4 Å². The molecule has 1 saturated heterocycles. The lowest BCUT2D eigenvalue weighted by Gasteiger charge is -2.27. The van der Waals surface area contributed by atoms with Crippen molar-refractivity contribution in [2.45, 2.75) is 19.4 Å². The van der Waals surface area contributed by atoms with E-state index in [1.54, 1.807) is 6.08 Å². The van der Waals surface area contributed by atoms with E-state index < -0.39 is 12.0 Å². The van der Waals surface area contributed by atoms with E-state index >= 15 is 0 Å². The van der Waals surface area contributed by atoms with E-state index in [1.165, 1.54) is 16.7 Å². The van der Waals surface area contributed by atoms with Gasteiger partial charge in [-0.1, -0.05) is 53.8 Å². The number of carbonyl (C=O) groups is 2. The number of aryl methyl sites for hydroxylation is 1. The quantitative estimate of drug-likeness (QED) is 0.567. The maximum Gasteiger partial charge on any atom is 0.266 e. The number of rotatable bonds is 6. The lowest BCUT2D eigenvalue weighted by molar-refractivity contribution is -0.310. The first-order chi connectivity index (χ1) is 10.9. The van der Waals surface area contributed by atoms with Gasteiger partial charge in [-0.05, 0) is 37.0 Å². The Kier molecular flexibility index (Phi) is 6.26. The van der Waals surface area contributed by atoms with Crippen molar-refractivity contribution in [1.29, 1.82) is 0 Å². The number of thiocarbonyl (C=S) groups is 1. The van der Waals surface area contributed by atoms with Crippen LogP contribution in [0.1, 0.15) is 17.5 Å². The van der Waals surface area contributed by atoms with Crippen molar-refractivity contribution in [3.05, 3.63) is 40.3 Å². The summed E-state index contributed by atoms with van der Waals surface area (Å²) in [6.45, 7) is 1.99. The Morgan fingerprint density at radius 2 is 2.09 bits per heavy atom. The van der Waals surface area contributed by atoms with Crippen LogP contribution in [0.2, 0.25) is 0 Å². The van der Waals surface area contributed by atoms with Gasteiger partial charge in [-0.15, -0.1) is 0 Å². The van der Waals surface area contributed by atoms with Crippen molar-refractivity contribution in [1.82, 2.24) is 4.90 Å². The first kappa shape index (κ1) is 18.0. The van der Waals surface area contributed by atoms with Gasteiger partial charge in [0.25, 0.3) is 5.91 Å². The Morgan fingerprint density at radius 1 is 1.43 bits per heavy atom. The zero-order valence-electron chi connectivity index (χ0n) is 12.8.